The van der Waals surface area contributed by atoms with E-state index in [1.807, 2.05) is 30.0 Å². The summed E-state index contributed by atoms with van der Waals surface area (Å²) in [5, 5.41) is 11.8. The molecule has 2 aromatic heterocycles. The molecule has 27 heavy (non-hydrogen) atoms. The van der Waals surface area contributed by atoms with E-state index < -0.39 is 0 Å². The molecule has 5 nitrogen and oxygen atoms in total. The van der Waals surface area contributed by atoms with Gasteiger partial charge in [-0.15, -0.1) is 11.3 Å². The van der Waals surface area contributed by atoms with Crippen molar-refractivity contribution in [2.45, 2.75) is 13.5 Å². The third kappa shape index (κ3) is 3.87. The van der Waals surface area contributed by atoms with Crippen molar-refractivity contribution in [2.24, 2.45) is 0 Å². The number of aryl methyl sites for hydroxylation is 1. The van der Waals surface area contributed by atoms with Gasteiger partial charge in [-0.2, -0.15) is 5.26 Å². The van der Waals surface area contributed by atoms with Gasteiger partial charge in [0.05, 0.1) is 23.0 Å². The molecular weight excluding hydrogens is 363 g/mol. The molecule has 0 bridgehead atoms. The molecule has 3 aromatic rings. The van der Waals surface area contributed by atoms with Crippen LogP contribution in [-0.4, -0.2) is 36.1 Å². The fourth-order valence-corrected chi connectivity index (χ4v) is 4.02. The zero-order valence-corrected chi connectivity index (χ0v) is 15.8. The van der Waals surface area contributed by atoms with E-state index in [0.29, 0.717) is 11.3 Å². The first-order chi connectivity index (χ1) is 13.1. The summed E-state index contributed by atoms with van der Waals surface area (Å²) >= 11 is 1.59. The van der Waals surface area contributed by atoms with Crippen LogP contribution in [0.5, 0.6) is 0 Å². The summed E-state index contributed by atoms with van der Waals surface area (Å²) in [5.74, 6) is 1.36. The maximum absolute atomic E-state index is 14.2. The Bertz CT molecular complexity index is 982. The lowest BCUT2D eigenvalue weighted by atomic mass is 10.2. The molecule has 1 fully saturated rings. The van der Waals surface area contributed by atoms with Crippen molar-refractivity contribution in [3.05, 3.63) is 58.5 Å². The smallest absolute Gasteiger partial charge is 0.162 e. The lowest BCUT2D eigenvalue weighted by Crippen LogP contribution is -2.46. The van der Waals surface area contributed by atoms with E-state index in [2.05, 4.69) is 15.3 Å². The number of nitrogens with zero attached hydrogens (tertiary/aromatic N) is 4. The van der Waals surface area contributed by atoms with Crippen LogP contribution in [-0.2, 0) is 6.54 Å². The van der Waals surface area contributed by atoms with Gasteiger partial charge in [0.2, 0.25) is 0 Å². The van der Waals surface area contributed by atoms with Gasteiger partial charge < -0.3 is 9.32 Å². The average Bonchev–Trinajstić information content (AvgIpc) is 3.31. The number of hydrogen-bond donors (Lipinski definition) is 0. The molecule has 3 heterocycles. The van der Waals surface area contributed by atoms with E-state index in [9.17, 15) is 4.39 Å². The zero-order valence-electron chi connectivity index (χ0n) is 15.0. The Morgan fingerprint density at radius 2 is 2.04 bits per heavy atom. The maximum atomic E-state index is 14.2. The molecular formula is C20H19FN4OS. The lowest BCUT2D eigenvalue weighted by Gasteiger charge is -2.35. The summed E-state index contributed by atoms with van der Waals surface area (Å²) in [6.45, 7) is 5.88. The SMILES string of the molecule is Cc1ccc(-c2nc(CN3CCN(c4ccc(C#N)cc4F)CC3)cs2)o1. The fraction of sp³-hybridized carbons (Fsp3) is 0.300. The van der Waals surface area contributed by atoms with E-state index >= 15 is 0 Å². The topological polar surface area (TPSA) is 56.3 Å². The van der Waals surface area contributed by atoms with Crippen molar-refractivity contribution >= 4 is 17.0 Å². The molecule has 0 aliphatic carbocycles. The second kappa shape index (κ2) is 7.51. The van der Waals surface area contributed by atoms with Gasteiger partial charge in [0.1, 0.15) is 11.6 Å². The summed E-state index contributed by atoms with van der Waals surface area (Å²) in [6, 6.07) is 10.5. The highest BCUT2D eigenvalue weighted by Crippen LogP contribution is 2.27. The Kier molecular flexibility index (Phi) is 4.92. The molecule has 0 saturated carbocycles. The van der Waals surface area contributed by atoms with E-state index in [1.165, 1.54) is 6.07 Å². The quantitative estimate of drug-likeness (QED) is 0.681. The first-order valence-electron chi connectivity index (χ1n) is 8.80. The summed E-state index contributed by atoms with van der Waals surface area (Å²) in [5.41, 5.74) is 1.95. The van der Waals surface area contributed by atoms with Crippen LogP contribution in [0.1, 0.15) is 17.0 Å². The molecule has 0 spiro atoms. The van der Waals surface area contributed by atoms with Crippen LogP contribution >= 0.6 is 11.3 Å². The van der Waals surface area contributed by atoms with Crippen LogP contribution in [0.4, 0.5) is 10.1 Å². The highest BCUT2D eigenvalue weighted by molar-refractivity contribution is 7.13. The third-order valence-corrected chi connectivity index (χ3v) is 5.58. The van der Waals surface area contributed by atoms with Crippen LogP contribution in [0.3, 0.4) is 0 Å². The van der Waals surface area contributed by atoms with Crippen molar-refractivity contribution in [3.63, 3.8) is 0 Å². The van der Waals surface area contributed by atoms with Crippen LogP contribution < -0.4 is 4.90 Å². The minimum atomic E-state index is -0.333. The third-order valence-electron chi connectivity index (χ3n) is 4.68. The standard InChI is InChI=1S/C20H19FN4OS/c1-14-2-5-19(26-14)20-23-16(13-27-20)12-24-6-8-25(9-7-24)18-4-3-15(11-22)10-17(18)21/h2-5,10,13H,6-9,12H2,1H3. The molecule has 4 rings (SSSR count). The average molecular weight is 382 g/mol. The Morgan fingerprint density at radius 3 is 2.70 bits per heavy atom. The Morgan fingerprint density at radius 1 is 1.22 bits per heavy atom. The molecule has 7 heteroatoms. The van der Waals surface area contributed by atoms with Crippen LogP contribution in [0.2, 0.25) is 0 Å². The molecule has 0 unspecified atom stereocenters. The lowest BCUT2D eigenvalue weighted by molar-refractivity contribution is 0.247. The molecule has 1 aromatic carbocycles. The number of thiazole rings is 1. The summed E-state index contributed by atoms with van der Waals surface area (Å²) in [6.07, 6.45) is 0. The largest absolute Gasteiger partial charge is 0.459 e. The zero-order chi connectivity index (χ0) is 18.8. The predicted molar refractivity (Wildman–Crippen MR) is 103 cm³/mol. The number of aromatic nitrogens is 1. The van der Waals surface area contributed by atoms with Gasteiger partial charge in [0.15, 0.2) is 10.8 Å². The highest BCUT2D eigenvalue weighted by Gasteiger charge is 2.20. The molecule has 0 amide bonds. The first kappa shape index (κ1) is 17.7. The van der Waals surface area contributed by atoms with Gasteiger partial charge >= 0.3 is 0 Å². The van der Waals surface area contributed by atoms with Crippen LogP contribution in [0.15, 0.2) is 40.1 Å². The number of nitriles is 1. The molecule has 0 atom stereocenters. The molecule has 138 valence electrons. The summed E-state index contributed by atoms with van der Waals surface area (Å²) in [4.78, 5) is 9.03. The predicted octanol–water partition coefficient (Wildman–Crippen LogP) is 4.04. The van der Waals surface area contributed by atoms with Gasteiger partial charge in [-0.05, 0) is 37.3 Å². The number of furan rings is 1. The highest BCUT2D eigenvalue weighted by atomic mass is 32.1. The molecule has 0 N–H and O–H groups in total. The minimum absolute atomic E-state index is 0.333. The van der Waals surface area contributed by atoms with Crippen molar-refractivity contribution < 1.29 is 8.81 Å². The number of hydrogen-bond acceptors (Lipinski definition) is 6. The van der Waals surface area contributed by atoms with E-state index in [-0.39, 0.29) is 5.82 Å². The summed E-state index contributed by atoms with van der Waals surface area (Å²) < 4.78 is 19.8. The molecule has 1 aliphatic rings. The number of halogens is 1. The van der Waals surface area contributed by atoms with Gasteiger partial charge in [-0.1, -0.05) is 0 Å². The van der Waals surface area contributed by atoms with E-state index in [4.69, 9.17) is 9.68 Å². The van der Waals surface area contributed by atoms with E-state index in [1.54, 1.807) is 23.5 Å². The number of piperazine rings is 1. The van der Waals surface area contributed by atoms with E-state index in [0.717, 1.165) is 54.9 Å². The van der Waals surface area contributed by atoms with Crippen LogP contribution in [0, 0.1) is 24.1 Å². The number of rotatable bonds is 4. The molecule has 1 aliphatic heterocycles. The number of benzene rings is 1. The van der Waals surface area contributed by atoms with Gasteiger partial charge in [0, 0.05) is 38.1 Å². The maximum Gasteiger partial charge on any atom is 0.162 e. The van der Waals surface area contributed by atoms with Gasteiger partial charge in [-0.3, -0.25) is 4.90 Å². The first-order valence-corrected chi connectivity index (χ1v) is 9.68. The Balaban J connectivity index is 1.36. The van der Waals surface area contributed by atoms with Crippen molar-refractivity contribution in [2.75, 3.05) is 31.1 Å². The van der Waals surface area contributed by atoms with Crippen molar-refractivity contribution in [1.82, 2.24) is 9.88 Å². The normalized spacial score (nSPS) is 15.1. The second-order valence-electron chi connectivity index (χ2n) is 6.60. The monoisotopic (exact) mass is 382 g/mol. The van der Waals surface area contributed by atoms with Gasteiger partial charge in [-0.25, -0.2) is 9.37 Å². The number of anilines is 1. The Hall–Kier alpha value is -2.69. The van der Waals surface area contributed by atoms with Crippen molar-refractivity contribution in [3.8, 4) is 16.8 Å². The van der Waals surface area contributed by atoms with Crippen LogP contribution in [0.25, 0.3) is 10.8 Å². The van der Waals surface area contributed by atoms with Gasteiger partial charge in [0.25, 0.3) is 0 Å². The fourth-order valence-electron chi connectivity index (χ4n) is 3.25. The second-order valence-corrected chi connectivity index (χ2v) is 7.45. The molecule has 1 saturated heterocycles. The summed E-state index contributed by atoms with van der Waals surface area (Å²) in [7, 11) is 0. The van der Waals surface area contributed by atoms with Crippen molar-refractivity contribution in [1.29, 1.82) is 5.26 Å². The minimum Gasteiger partial charge on any atom is -0.459 e. The molecule has 0 radical (unpaired) electrons. The Labute approximate surface area is 161 Å².